The second-order valence-electron chi connectivity index (χ2n) is 2.90. The van der Waals surface area contributed by atoms with Gasteiger partial charge in [0.05, 0.1) is 12.0 Å². The third-order valence-corrected chi connectivity index (χ3v) is 2.70. The van der Waals surface area contributed by atoms with E-state index < -0.39 is 0 Å². The van der Waals surface area contributed by atoms with Crippen LogP contribution in [-0.4, -0.2) is 10.9 Å². The number of carbonyl (C=O) groups is 1. The molecule has 2 aromatic heterocycles. The number of nitrogen functional groups attached to an aromatic ring is 1. The van der Waals surface area contributed by atoms with Crippen molar-refractivity contribution in [2.75, 3.05) is 11.1 Å². The molecule has 2 heterocycles. The highest BCUT2D eigenvalue weighted by Gasteiger charge is 2.11. The highest BCUT2D eigenvalue weighted by molar-refractivity contribution is 7.19. The smallest absolute Gasteiger partial charge is 0.293 e. The zero-order valence-corrected chi connectivity index (χ0v) is 8.80. The number of nitrogens with zero attached hydrogens (tertiary/aromatic N) is 1. The Morgan fingerprint density at radius 1 is 1.67 bits per heavy atom. The van der Waals surface area contributed by atoms with E-state index in [9.17, 15) is 4.79 Å². The minimum atomic E-state index is -0.325. The molecule has 0 unspecified atom stereocenters. The zero-order valence-electron chi connectivity index (χ0n) is 7.98. The lowest BCUT2D eigenvalue weighted by atomic mass is 10.4. The van der Waals surface area contributed by atoms with E-state index in [1.54, 1.807) is 19.1 Å². The topological polar surface area (TPSA) is 81.2 Å². The van der Waals surface area contributed by atoms with E-state index in [4.69, 9.17) is 10.2 Å². The van der Waals surface area contributed by atoms with Crippen LogP contribution < -0.4 is 11.1 Å². The van der Waals surface area contributed by atoms with Gasteiger partial charge in [0.15, 0.2) is 10.9 Å². The Hall–Kier alpha value is -1.82. The van der Waals surface area contributed by atoms with Crippen LogP contribution in [0.3, 0.4) is 0 Å². The number of nitrogens with one attached hydrogen (secondary N) is 1. The minimum Gasteiger partial charge on any atom is -0.459 e. The highest BCUT2D eigenvalue weighted by atomic mass is 32.1. The molecular formula is C9H9N3O2S. The first kappa shape index (κ1) is 9.72. The molecule has 2 rings (SSSR count). The lowest BCUT2D eigenvalue weighted by Crippen LogP contribution is -2.10. The molecule has 0 radical (unpaired) electrons. The predicted molar refractivity (Wildman–Crippen MR) is 57.9 cm³/mol. The Balaban J connectivity index is 2.13. The molecule has 0 aliphatic rings. The third-order valence-electron chi connectivity index (χ3n) is 1.80. The minimum absolute atomic E-state index is 0.251. The maximum absolute atomic E-state index is 11.5. The SMILES string of the molecule is Cc1nc(NC(=O)c2ccco2)sc1N. The van der Waals surface area contributed by atoms with Crippen molar-refractivity contribution in [1.82, 2.24) is 4.98 Å². The molecule has 0 saturated carbocycles. The van der Waals surface area contributed by atoms with Gasteiger partial charge in [0.2, 0.25) is 0 Å². The van der Waals surface area contributed by atoms with Crippen molar-refractivity contribution in [3.8, 4) is 0 Å². The summed E-state index contributed by atoms with van der Waals surface area (Å²) in [5.74, 6) is -0.0739. The van der Waals surface area contributed by atoms with Crippen LogP contribution in [0.1, 0.15) is 16.2 Å². The second kappa shape index (κ2) is 3.74. The van der Waals surface area contributed by atoms with E-state index >= 15 is 0 Å². The van der Waals surface area contributed by atoms with E-state index in [1.807, 2.05) is 0 Å². The van der Waals surface area contributed by atoms with E-state index in [0.717, 1.165) is 5.69 Å². The summed E-state index contributed by atoms with van der Waals surface area (Å²) in [5.41, 5.74) is 6.33. The van der Waals surface area contributed by atoms with Gasteiger partial charge in [0.25, 0.3) is 5.91 Å². The van der Waals surface area contributed by atoms with Crippen LogP contribution in [0.25, 0.3) is 0 Å². The summed E-state index contributed by atoms with van der Waals surface area (Å²) in [4.78, 5) is 15.6. The number of nitrogens with two attached hydrogens (primary N) is 1. The Bertz CT molecular complexity index is 456. The van der Waals surface area contributed by atoms with Gasteiger partial charge < -0.3 is 10.2 Å². The van der Waals surface area contributed by atoms with Crippen LogP contribution in [-0.2, 0) is 0 Å². The fourth-order valence-corrected chi connectivity index (χ4v) is 1.76. The van der Waals surface area contributed by atoms with Crippen LogP contribution in [0, 0.1) is 6.92 Å². The molecule has 0 aromatic carbocycles. The highest BCUT2D eigenvalue weighted by Crippen LogP contribution is 2.24. The molecule has 0 aliphatic heterocycles. The number of aromatic nitrogens is 1. The molecule has 3 N–H and O–H groups in total. The Labute approximate surface area is 89.9 Å². The molecular weight excluding hydrogens is 214 g/mol. The van der Waals surface area contributed by atoms with Gasteiger partial charge in [-0.1, -0.05) is 11.3 Å². The van der Waals surface area contributed by atoms with Gasteiger partial charge in [-0.2, -0.15) is 0 Å². The Kier molecular flexibility index (Phi) is 2.42. The summed E-state index contributed by atoms with van der Waals surface area (Å²) < 4.78 is 4.94. The van der Waals surface area contributed by atoms with Crippen molar-refractivity contribution < 1.29 is 9.21 Å². The maximum atomic E-state index is 11.5. The van der Waals surface area contributed by atoms with E-state index in [2.05, 4.69) is 10.3 Å². The van der Waals surface area contributed by atoms with Crippen molar-refractivity contribution >= 4 is 27.4 Å². The molecule has 1 amide bonds. The fraction of sp³-hybridized carbons (Fsp3) is 0.111. The van der Waals surface area contributed by atoms with Crippen molar-refractivity contribution in [3.63, 3.8) is 0 Å². The first-order valence-corrected chi connectivity index (χ1v) is 5.06. The summed E-state index contributed by atoms with van der Waals surface area (Å²) in [7, 11) is 0. The number of anilines is 2. The molecule has 2 aromatic rings. The average Bonchev–Trinajstić information content (AvgIpc) is 2.77. The number of hydrogen-bond acceptors (Lipinski definition) is 5. The number of rotatable bonds is 2. The number of carbonyl (C=O) groups excluding carboxylic acids is 1. The first-order valence-electron chi connectivity index (χ1n) is 4.24. The number of furan rings is 1. The first-order chi connectivity index (χ1) is 7.16. The van der Waals surface area contributed by atoms with Gasteiger partial charge >= 0.3 is 0 Å². The molecule has 0 spiro atoms. The summed E-state index contributed by atoms with van der Waals surface area (Å²) in [6.45, 7) is 1.79. The molecule has 0 aliphatic carbocycles. The molecule has 0 fully saturated rings. The number of aryl methyl sites for hydroxylation is 1. The van der Waals surface area contributed by atoms with Crippen molar-refractivity contribution in [3.05, 3.63) is 29.9 Å². The Morgan fingerprint density at radius 3 is 3.00 bits per heavy atom. The van der Waals surface area contributed by atoms with Gasteiger partial charge in [0, 0.05) is 0 Å². The molecule has 15 heavy (non-hydrogen) atoms. The lowest BCUT2D eigenvalue weighted by molar-refractivity contribution is 0.0996. The molecule has 0 atom stereocenters. The standard InChI is InChI=1S/C9H9N3O2S/c1-5-7(10)15-9(11-5)12-8(13)6-3-2-4-14-6/h2-4H,10H2,1H3,(H,11,12,13). The maximum Gasteiger partial charge on any atom is 0.293 e. The van der Waals surface area contributed by atoms with Gasteiger partial charge in [-0.25, -0.2) is 4.98 Å². The van der Waals surface area contributed by atoms with Crippen LogP contribution >= 0.6 is 11.3 Å². The Morgan fingerprint density at radius 2 is 2.47 bits per heavy atom. The van der Waals surface area contributed by atoms with E-state index in [-0.39, 0.29) is 11.7 Å². The van der Waals surface area contributed by atoms with Gasteiger partial charge in [0.1, 0.15) is 5.00 Å². The predicted octanol–water partition coefficient (Wildman–Crippen LogP) is 1.88. The van der Waals surface area contributed by atoms with Crippen LogP contribution in [0.5, 0.6) is 0 Å². The van der Waals surface area contributed by atoms with Crippen LogP contribution in [0.2, 0.25) is 0 Å². The summed E-state index contributed by atoms with van der Waals surface area (Å²) in [6, 6.07) is 3.23. The molecule has 6 heteroatoms. The normalized spacial score (nSPS) is 10.2. The largest absolute Gasteiger partial charge is 0.459 e. The average molecular weight is 223 g/mol. The van der Waals surface area contributed by atoms with Crippen LogP contribution in [0.15, 0.2) is 22.8 Å². The summed E-state index contributed by atoms with van der Waals surface area (Å²) >= 11 is 1.23. The zero-order chi connectivity index (χ0) is 10.8. The van der Waals surface area contributed by atoms with E-state index in [1.165, 1.54) is 17.6 Å². The summed E-state index contributed by atoms with van der Waals surface area (Å²) in [6.07, 6.45) is 1.44. The lowest BCUT2D eigenvalue weighted by Gasteiger charge is -1.96. The summed E-state index contributed by atoms with van der Waals surface area (Å²) in [5, 5.41) is 3.68. The third kappa shape index (κ3) is 1.99. The monoisotopic (exact) mass is 223 g/mol. The quantitative estimate of drug-likeness (QED) is 0.814. The number of amides is 1. The van der Waals surface area contributed by atoms with E-state index in [0.29, 0.717) is 10.1 Å². The van der Waals surface area contributed by atoms with Crippen LogP contribution in [0.4, 0.5) is 10.1 Å². The van der Waals surface area contributed by atoms with Crippen molar-refractivity contribution in [2.45, 2.75) is 6.92 Å². The molecule has 0 saturated heterocycles. The van der Waals surface area contributed by atoms with Gasteiger partial charge in [-0.15, -0.1) is 0 Å². The molecule has 78 valence electrons. The second-order valence-corrected chi connectivity index (χ2v) is 3.93. The molecule has 5 nitrogen and oxygen atoms in total. The van der Waals surface area contributed by atoms with Gasteiger partial charge in [-0.05, 0) is 19.1 Å². The van der Waals surface area contributed by atoms with Crippen molar-refractivity contribution in [2.24, 2.45) is 0 Å². The molecule has 0 bridgehead atoms. The van der Waals surface area contributed by atoms with Crippen molar-refractivity contribution in [1.29, 1.82) is 0 Å². The number of thiazole rings is 1. The number of hydrogen-bond donors (Lipinski definition) is 2. The fourth-order valence-electron chi connectivity index (χ4n) is 1.03. The van der Waals surface area contributed by atoms with Gasteiger partial charge in [-0.3, -0.25) is 10.1 Å².